The minimum atomic E-state index is -0.222. The fourth-order valence-electron chi connectivity index (χ4n) is 2.09. The summed E-state index contributed by atoms with van der Waals surface area (Å²) in [5, 5.41) is 5.69. The normalized spacial score (nSPS) is 13.0. The van der Waals surface area contributed by atoms with Crippen molar-refractivity contribution in [1.29, 1.82) is 0 Å². The number of imide groups is 1. The number of piperidine rings is 1. The van der Waals surface area contributed by atoms with E-state index in [2.05, 4.69) is 44.4 Å². The van der Waals surface area contributed by atoms with Crippen LogP contribution in [0.2, 0.25) is 0 Å². The summed E-state index contributed by atoms with van der Waals surface area (Å²) in [5.41, 5.74) is 1.07. The zero-order valence-corrected chi connectivity index (χ0v) is 19.4. The monoisotopic (exact) mass is 530 g/mol. The molecule has 1 aliphatic heterocycles. The SMILES string of the molecule is CCCC(C)(C)C.C[N-]C(=O)c1[c-]cccc1.O=C1CCCC(=O)N1.[W+2]. The van der Waals surface area contributed by atoms with Crippen molar-refractivity contribution in [2.45, 2.75) is 59.8 Å². The predicted octanol–water partition coefficient (Wildman–Crippen LogP) is 4.27. The molecule has 1 heterocycles. The Morgan fingerprint density at radius 1 is 1.19 bits per heavy atom. The van der Waals surface area contributed by atoms with Crippen LogP contribution in [0.25, 0.3) is 5.32 Å². The van der Waals surface area contributed by atoms with Gasteiger partial charge in [0.15, 0.2) is 0 Å². The van der Waals surface area contributed by atoms with Gasteiger partial charge in [-0.15, -0.1) is 42.9 Å². The molecule has 6 heteroatoms. The Balaban J connectivity index is 0. The topological polar surface area (TPSA) is 77.3 Å². The van der Waals surface area contributed by atoms with Crippen LogP contribution in [-0.4, -0.2) is 24.8 Å². The predicted molar refractivity (Wildman–Crippen MR) is 100 cm³/mol. The molecule has 5 nitrogen and oxygen atoms in total. The third kappa shape index (κ3) is 14.8. The molecule has 1 saturated heterocycles. The quantitative estimate of drug-likeness (QED) is 0.459. The van der Waals surface area contributed by atoms with Crippen LogP contribution in [0, 0.1) is 11.5 Å². The molecule has 3 amide bonds. The van der Waals surface area contributed by atoms with Crippen LogP contribution in [0.1, 0.15) is 70.2 Å². The number of nitrogens with zero attached hydrogens (tertiary/aromatic N) is 1. The number of hydrogen-bond donors (Lipinski definition) is 1. The van der Waals surface area contributed by atoms with Crippen LogP contribution in [-0.2, 0) is 30.7 Å². The molecule has 26 heavy (non-hydrogen) atoms. The van der Waals surface area contributed by atoms with Crippen molar-refractivity contribution in [3.05, 3.63) is 41.2 Å². The number of nitrogens with one attached hydrogen (secondary N) is 1. The minimum absolute atomic E-state index is 0. The molecular formula is C20H30N2O3W. The summed E-state index contributed by atoms with van der Waals surface area (Å²) in [6.45, 7) is 9.05. The van der Waals surface area contributed by atoms with E-state index in [4.69, 9.17) is 0 Å². The molecule has 0 atom stereocenters. The molecule has 0 aromatic heterocycles. The third-order valence-corrected chi connectivity index (χ3v) is 3.23. The van der Waals surface area contributed by atoms with Crippen molar-refractivity contribution in [3.63, 3.8) is 0 Å². The van der Waals surface area contributed by atoms with E-state index in [9.17, 15) is 14.4 Å². The Bertz CT molecular complexity index is 526. The third-order valence-electron chi connectivity index (χ3n) is 3.23. The number of carbonyl (C=O) groups excluding carboxylic acids is 3. The molecule has 0 unspecified atom stereocenters. The molecule has 1 fully saturated rings. The fourth-order valence-corrected chi connectivity index (χ4v) is 2.09. The van der Waals surface area contributed by atoms with Gasteiger partial charge in [0.2, 0.25) is 11.8 Å². The Hall–Kier alpha value is -1.48. The van der Waals surface area contributed by atoms with Gasteiger partial charge in [0.25, 0.3) is 0 Å². The van der Waals surface area contributed by atoms with E-state index in [1.807, 2.05) is 6.07 Å². The summed E-state index contributed by atoms with van der Waals surface area (Å²) in [4.78, 5) is 31.5. The molecule has 0 radical (unpaired) electrons. The van der Waals surface area contributed by atoms with E-state index in [0.717, 1.165) is 0 Å². The van der Waals surface area contributed by atoms with E-state index >= 15 is 0 Å². The first-order valence-electron chi connectivity index (χ1n) is 8.63. The maximum absolute atomic E-state index is 10.8. The van der Waals surface area contributed by atoms with E-state index < -0.39 is 0 Å². The molecule has 1 N–H and O–H groups in total. The van der Waals surface area contributed by atoms with Crippen molar-refractivity contribution in [1.82, 2.24) is 5.32 Å². The van der Waals surface area contributed by atoms with E-state index in [1.54, 1.807) is 18.2 Å². The molecule has 144 valence electrons. The number of benzene rings is 1. The van der Waals surface area contributed by atoms with Crippen molar-refractivity contribution >= 4 is 17.7 Å². The summed E-state index contributed by atoms with van der Waals surface area (Å²) >= 11 is 0. The van der Waals surface area contributed by atoms with Gasteiger partial charge < -0.3 is 10.1 Å². The van der Waals surface area contributed by atoms with Crippen LogP contribution in [0.4, 0.5) is 0 Å². The first-order chi connectivity index (χ1) is 11.7. The number of amides is 3. The van der Waals surface area contributed by atoms with Crippen LogP contribution >= 0.6 is 0 Å². The van der Waals surface area contributed by atoms with Crippen LogP contribution < -0.4 is 5.32 Å². The molecule has 0 spiro atoms. The Labute approximate surface area is 172 Å². The summed E-state index contributed by atoms with van der Waals surface area (Å²) in [6.07, 6.45) is 4.37. The summed E-state index contributed by atoms with van der Waals surface area (Å²) in [7, 11) is 1.48. The summed E-state index contributed by atoms with van der Waals surface area (Å²) in [5.74, 6) is -0.497. The van der Waals surface area contributed by atoms with Crippen molar-refractivity contribution in [2.24, 2.45) is 5.41 Å². The molecule has 0 saturated carbocycles. The second-order valence-corrected chi connectivity index (χ2v) is 6.94. The zero-order chi connectivity index (χ0) is 19.3. The van der Waals surface area contributed by atoms with Gasteiger partial charge in [0, 0.05) is 12.8 Å². The Kier molecular flexibility index (Phi) is 15.1. The van der Waals surface area contributed by atoms with Crippen LogP contribution in [0.5, 0.6) is 0 Å². The summed E-state index contributed by atoms with van der Waals surface area (Å²) < 4.78 is 0. The van der Waals surface area contributed by atoms with Crippen LogP contribution in [0.15, 0.2) is 24.3 Å². The molecular weight excluding hydrogens is 500 g/mol. The van der Waals surface area contributed by atoms with Crippen LogP contribution in [0.3, 0.4) is 0 Å². The standard InChI is InChI=1S/C8H8NO.C7H16.C5H7NO2.W/c1-9-8(10)7-5-3-2-4-6-7;1-5-6-7(2,3)4;7-4-2-1-3-5(8)6-4;/h2-5H,1H3,(H,9,10);5-6H2,1-4H3;1-3H2,(H,6,7,8);/q-1;;;+2/p-1. The van der Waals surface area contributed by atoms with Gasteiger partial charge in [-0.1, -0.05) is 34.1 Å². The number of carbonyl (C=O) groups is 3. The minimum Gasteiger partial charge on any atom is -0.697 e. The molecule has 1 aromatic rings. The zero-order valence-electron chi connectivity index (χ0n) is 16.4. The first-order valence-corrected chi connectivity index (χ1v) is 8.63. The first kappa shape index (κ1) is 26.7. The number of rotatable bonds is 2. The van der Waals surface area contributed by atoms with E-state index in [0.29, 0.717) is 30.2 Å². The molecule has 0 bridgehead atoms. The molecule has 2 rings (SSSR count). The van der Waals surface area contributed by atoms with E-state index in [1.165, 1.54) is 19.9 Å². The summed E-state index contributed by atoms with van der Waals surface area (Å²) in [6, 6.07) is 9.76. The molecule has 0 aliphatic carbocycles. The maximum atomic E-state index is 10.8. The van der Waals surface area contributed by atoms with Gasteiger partial charge in [-0.25, -0.2) is 0 Å². The van der Waals surface area contributed by atoms with Gasteiger partial charge in [-0.2, -0.15) is 0 Å². The number of hydrogen-bond acceptors (Lipinski definition) is 3. The maximum Gasteiger partial charge on any atom is 2.00 e. The van der Waals surface area contributed by atoms with E-state index in [-0.39, 0.29) is 38.8 Å². The Morgan fingerprint density at radius 3 is 2.04 bits per heavy atom. The second-order valence-electron chi connectivity index (χ2n) is 6.94. The largest absolute Gasteiger partial charge is 2.00 e. The Morgan fingerprint density at radius 2 is 1.77 bits per heavy atom. The van der Waals surface area contributed by atoms with Crippen molar-refractivity contribution in [2.75, 3.05) is 7.05 Å². The van der Waals surface area contributed by atoms with Gasteiger partial charge in [-0.05, 0) is 24.2 Å². The van der Waals surface area contributed by atoms with Crippen molar-refractivity contribution in [3.8, 4) is 0 Å². The molecule has 1 aliphatic rings. The fraction of sp³-hybridized carbons (Fsp3) is 0.550. The van der Waals surface area contributed by atoms with Gasteiger partial charge in [-0.3, -0.25) is 14.9 Å². The average molecular weight is 530 g/mol. The molecule has 1 aromatic carbocycles. The van der Waals surface area contributed by atoms with Gasteiger partial charge in [0.05, 0.1) is 0 Å². The van der Waals surface area contributed by atoms with Gasteiger partial charge in [0.1, 0.15) is 0 Å². The smallest absolute Gasteiger partial charge is 0.697 e. The van der Waals surface area contributed by atoms with Gasteiger partial charge >= 0.3 is 21.1 Å². The second kappa shape index (κ2) is 14.7. The van der Waals surface area contributed by atoms with Crippen molar-refractivity contribution < 1.29 is 35.4 Å². The average Bonchev–Trinajstić information content (AvgIpc) is 2.55.